The number of ether oxygens (including phenoxy) is 2. The van der Waals surface area contributed by atoms with Gasteiger partial charge in [-0.3, -0.25) is 0 Å². The van der Waals surface area contributed by atoms with Crippen molar-refractivity contribution in [2.75, 3.05) is 14.2 Å². The van der Waals surface area contributed by atoms with E-state index in [4.69, 9.17) is 9.47 Å². The molecule has 1 aliphatic carbocycles. The molecular formula is C17H17BrO3. The number of fused-ring (bicyclic) bond motifs is 1. The molecule has 0 aromatic heterocycles. The number of rotatable bonds is 4. The summed E-state index contributed by atoms with van der Waals surface area (Å²) in [5, 5.41) is 10.8. The molecule has 3 rings (SSSR count). The van der Waals surface area contributed by atoms with Crippen molar-refractivity contribution in [2.45, 2.75) is 18.4 Å². The zero-order valence-corrected chi connectivity index (χ0v) is 13.6. The molecule has 1 N–H and O–H groups in total. The summed E-state index contributed by atoms with van der Waals surface area (Å²) in [5.41, 5.74) is 3.29. The van der Waals surface area contributed by atoms with E-state index in [2.05, 4.69) is 28.1 Å². The molecule has 0 fully saturated rings. The van der Waals surface area contributed by atoms with E-state index in [0.717, 1.165) is 16.5 Å². The van der Waals surface area contributed by atoms with Crippen LogP contribution in [0.25, 0.3) is 0 Å². The van der Waals surface area contributed by atoms with Crippen molar-refractivity contribution < 1.29 is 14.6 Å². The highest BCUT2D eigenvalue weighted by Crippen LogP contribution is 2.47. The van der Waals surface area contributed by atoms with Crippen molar-refractivity contribution in [1.82, 2.24) is 0 Å². The fourth-order valence-corrected chi connectivity index (χ4v) is 3.40. The Bertz CT molecular complexity index is 669. The standard InChI is InChI=1S/C17H17BrO3/c1-20-15-9-14(18)16(21-2)8-13(15)17(19)12-7-10-5-3-4-6-11(10)12/h3-6,8-9,12,17,19H,7H2,1-2H3. The van der Waals surface area contributed by atoms with Gasteiger partial charge in [-0.05, 0) is 45.6 Å². The van der Waals surface area contributed by atoms with Gasteiger partial charge >= 0.3 is 0 Å². The highest BCUT2D eigenvalue weighted by atomic mass is 79.9. The van der Waals surface area contributed by atoms with Gasteiger partial charge < -0.3 is 14.6 Å². The summed E-state index contributed by atoms with van der Waals surface area (Å²) in [7, 11) is 3.22. The molecule has 0 radical (unpaired) electrons. The number of aliphatic hydroxyl groups is 1. The highest BCUT2D eigenvalue weighted by Gasteiger charge is 2.34. The van der Waals surface area contributed by atoms with Gasteiger partial charge in [0.05, 0.1) is 24.8 Å². The second kappa shape index (κ2) is 5.70. The minimum atomic E-state index is -0.600. The van der Waals surface area contributed by atoms with Crippen LogP contribution in [0.1, 0.15) is 28.7 Å². The Hall–Kier alpha value is -1.52. The lowest BCUT2D eigenvalue weighted by Gasteiger charge is -2.34. The molecule has 4 heteroatoms. The lowest BCUT2D eigenvalue weighted by molar-refractivity contribution is 0.131. The molecule has 2 unspecified atom stereocenters. The van der Waals surface area contributed by atoms with Gasteiger partial charge in [0.2, 0.25) is 0 Å². The van der Waals surface area contributed by atoms with Gasteiger partial charge in [-0.15, -0.1) is 0 Å². The summed E-state index contributed by atoms with van der Waals surface area (Å²) in [6.45, 7) is 0. The molecule has 110 valence electrons. The first-order valence-electron chi connectivity index (χ1n) is 6.83. The van der Waals surface area contributed by atoms with Crippen LogP contribution >= 0.6 is 15.9 Å². The van der Waals surface area contributed by atoms with Gasteiger partial charge in [0.15, 0.2) is 0 Å². The normalized spacial score (nSPS) is 17.6. The molecule has 0 amide bonds. The third kappa shape index (κ3) is 2.43. The highest BCUT2D eigenvalue weighted by molar-refractivity contribution is 9.10. The van der Waals surface area contributed by atoms with Crippen molar-refractivity contribution in [1.29, 1.82) is 0 Å². The molecule has 0 heterocycles. The van der Waals surface area contributed by atoms with Crippen LogP contribution in [0.4, 0.5) is 0 Å². The fraction of sp³-hybridized carbons (Fsp3) is 0.294. The Morgan fingerprint density at radius 1 is 1.14 bits per heavy atom. The Morgan fingerprint density at radius 2 is 1.86 bits per heavy atom. The van der Waals surface area contributed by atoms with Gasteiger partial charge in [0, 0.05) is 11.5 Å². The summed E-state index contributed by atoms with van der Waals surface area (Å²) < 4.78 is 11.5. The third-order valence-electron chi connectivity index (χ3n) is 4.10. The van der Waals surface area contributed by atoms with Crippen molar-refractivity contribution in [3.8, 4) is 11.5 Å². The predicted octanol–water partition coefficient (Wildman–Crippen LogP) is 3.84. The first-order chi connectivity index (χ1) is 10.2. The van der Waals surface area contributed by atoms with E-state index >= 15 is 0 Å². The van der Waals surface area contributed by atoms with Crippen LogP contribution < -0.4 is 9.47 Å². The number of benzene rings is 2. The van der Waals surface area contributed by atoms with E-state index < -0.39 is 6.10 Å². The minimum Gasteiger partial charge on any atom is -0.496 e. The summed E-state index contributed by atoms with van der Waals surface area (Å²) in [4.78, 5) is 0. The van der Waals surface area contributed by atoms with Crippen molar-refractivity contribution in [3.63, 3.8) is 0 Å². The van der Waals surface area contributed by atoms with E-state index in [1.807, 2.05) is 24.3 Å². The third-order valence-corrected chi connectivity index (χ3v) is 4.72. The number of aliphatic hydroxyl groups excluding tert-OH is 1. The lowest BCUT2D eigenvalue weighted by atomic mass is 9.73. The molecule has 2 atom stereocenters. The van der Waals surface area contributed by atoms with Gasteiger partial charge in [0.1, 0.15) is 11.5 Å². The van der Waals surface area contributed by atoms with Gasteiger partial charge in [0.25, 0.3) is 0 Å². The maximum Gasteiger partial charge on any atom is 0.133 e. The maximum absolute atomic E-state index is 10.8. The SMILES string of the molecule is COc1cc(C(O)C2Cc3ccccc32)c(OC)cc1Br. The van der Waals surface area contributed by atoms with E-state index in [9.17, 15) is 5.11 Å². The summed E-state index contributed by atoms with van der Waals surface area (Å²) in [5.74, 6) is 1.47. The second-order valence-corrected chi connectivity index (χ2v) is 6.04. The zero-order valence-electron chi connectivity index (χ0n) is 12.0. The van der Waals surface area contributed by atoms with Crippen LogP contribution in [0.2, 0.25) is 0 Å². The molecular weight excluding hydrogens is 332 g/mol. The lowest BCUT2D eigenvalue weighted by Crippen LogP contribution is -2.24. The summed E-state index contributed by atoms with van der Waals surface area (Å²) in [6.07, 6.45) is 0.288. The quantitative estimate of drug-likeness (QED) is 0.912. The minimum absolute atomic E-state index is 0.112. The molecule has 0 aliphatic heterocycles. The first-order valence-corrected chi connectivity index (χ1v) is 7.62. The number of hydrogen-bond donors (Lipinski definition) is 1. The summed E-state index contributed by atoms with van der Waals surface area (Å²) >= 11 is 3.44. The molecule has 0 saturated heterocycles. The number of halogens is 1. The molecule has 2 aromatic rings. The average molecular weight is 349 g/mol. The molecule has 2 aromatic carbocycles. The maximum atomic E-state index is 10.8. The monoisotopic (exact) mass is 348 g/mol. The van der Waals surface area contributed by atoms with E-state index in [1.54, 1.807) is 14.2 Å². The number of methoxy groups -OCH3 is 2. The molecule has 0 saturated carbocycles. The van der Waals surface area contributed by atoms with E-state index in [0.29, 0.717) is 11.5 Å². The van der Waals surface area contributed by atoms with E-state index in [-0.39, 0.29) is 5.92 Å². The fourth-order valence-electron chi connectivity index (χ4n) is 2.91. The Balaban J connectivity index is 1.97. The van der Waals surface area contributed by atoms with Crippen molar-refractivity contribution >= 4 is 15.9 Å². The van der Waals surface area contributed by atoms with Crippen LogP contribution in [0.5, 0.6) is 11.5 Å². The van der Waals surface area contributed by atoms with E-state index in [1.165, 1.54) is 11.1 Å². The van der Waals surface area contributed by atoms with Crippen LogP contribution in [-0.2, 0) is 6.42 Å². The van der Waals surface area contributed by atoms with Crippen LogP contribution in [-0.4, -0.2) is 19.3 Å². The topological polar surface area (TPSA) is 38.7 Å². The molecule has 0 spiro atoms. The molecule has 1 aliphatic rings. The van der Waals surface area contributed by atoms with Gasteiger partial charge in [-0.1, -0.05) is 24.3 Å². The van der Waals surface area contributed by atoms with Crippen molar-refractivity contribution in [2.24, 2.45) is 0 Å². The molecule has 0 bridgehead atoms. The Kier molecular flexibility index (Phi) is 3.91. The Labute approximate surface area is 132 Å². The predicted molar refractivity (Wildman–Crippen MR) is 85.1 cm³/mol. The Morgan fingerprint density at radius 3 is 2.52 bits per heavy atom. The van der Waals surface area contributed by atoms with Crippen LogP contribution in [0.15, 0.2) is 40.9 Å². The smallest absolute Gasteiger partial charge is 0.133 e. The average Bonchev–Trinajstić information content (AvgIpc) is 2.48. The largest absolute Gasteiger partial charge is 0.496 e. The summed E-state index contributed by atoms with van der Waals surface area (Å²) in [6, 6.07) is 11.9. The second-order valence-electron chi connectivity index (χ2n) is 5.18. The van der Waals surface area contributed by atoms with Crippen LogP contribution in [0.3, 0.4) is 0 Å². The number of hydrogen-bond acceptors (Lipinski definition) is 3. The van der Waals surface area contributed by atoms with Gasteiger partial charge in [-0.2, -0.15) is 0 Å². The first kappa shape index (κ1) is 14.4. The van der Waals surface area contributed by atoms with Gasteiger partial charge in [-0.25, -0.2) is 0 Å². The van der Waals surface area contributed by atoms with Crippen LogP contribution in [0, 0.1) is 0 Å². The molecule has 21 heavy (non-hydrogen) atoms. The molecule has 3 nitrogen and oxygen atoms in total. The van der Waals surface area contributed by atoms with Crippen molar-refractivity contribution in [3.05, 3.63) is 57.6 Å². The zero-order chi connectivity index (χ0) is 15.0.